The molecule has 4 N–H and O–H groups in total. The van der Waals surface area contributed by atoms with Gasteiger partial charge in [-0.3, -0.25) is 4.21 Å². The molecule has 5 nitrogen and oxygen atoms in total. The highest BCUT2D eigenvalue weighted by molar-refractivity contribution is 7.84. The molecule has 1 aromatic rings. The van der Waals surface area contributed by atoms with Gasteiger partial charge < -0.3 is 16.2 Å². The van der Waals surface area contributed by atoms with Gasteiger partial charge in [-0.15, -0.1) is 0 Å². The normalized spacial score (nSPS) is 13.9. The second kappa shape index (κ2) is 5.81. The fourth-order valence-corrected chi connectivity index (χ4v) is 1.60. The SMILES string of the molecule is CC(CNc1cc(F)c(C(=O)O)cc1N)S(C)=O. The van der Waals surface area contributed by atoms with E-state index in [-0.39, 0.29) is 10.9 Å². The number of carboxylic acid groups (broad SMARTS) is 1. The van der Waals surface area contributed by atoms with Crippen molar-refractivity contribution >= 4 is 28.1 Å². The van der Waals surface area contributed by atoms with E-state index in [0.717, 1.165) is 12.1 Å². The number of carboxylic acids is 1. The summed E-state index contributed by atoms with van der Waals surface area (Å²) in [5.41, 5.74) is 5.60. The topological polar surface area (TPSA) is 92.4 Å². The van der Waals surface area contributed by atoms with Gasteiger partial charge >= 0.3 is 5.97 Å². The molecule has 18 heavy (non-hydrogen) atoms. The number of carbonyl (C=O) groups is 1. The Morgan fingerprint density at radius 1 is 1.61 bits per heavy atom. The Morgan fingerprint density at radius 3 is 2.72 bits per heavy atom. The Morgan fingerprint density at radius 2 is 2.22 bits per heavy atom. The van der Waals surface area contributed by atoms with Crippen LogP contribution in [0.15, 0.2) is 12.1 Å². The van der Waals surface area contributed by atoms with Crippen LogP contribution in [0.4, 0.5) is 15.8 Å². The van der Waals surface area contributed by atoms with E-state index in [1.165, 1.54) is 0 Å². The standard InChI is InChI=1S/C11H15FN2O3S/c1-6(18(2)17)5-14-10-4-8(12)7(11(15)16)3-9(10)13/h3-4,6,14H,5,13H2,1-2H3,(H,15,16). The van der Waals surface area contributed by atoms with Gasteiger partial charge in [-0.25, -0.2) is 9.18 Å². The maximum Gasteiger partial charge on any atom is 0.338 e. The van der Waals surface area contributed by atoms with Crippen LogP contribution in [0.25, 0.3) is 0 Å². The van der Waals surface area contributed by atoms with E-state index in [1.807, 2.05) is 0 Å². The fourth-order valence-electron chi connectivity index (χ4n) is 1.28. The maximum atomic E-state index is 13.4. The number of nitrogens with one attached hydrogen (secondary N) is 1. The maximum absolute atomic E-state index is 13.4. The van der Waals surface area contributed by atoms with Gasteiger partial charge in [0.15, 0.2) is 0 Å². The van der Waals surface area contributed by atoms with Crippen molar-refractivity contribution in [2.24, 2.45) is 0 Å². The minimum absolute atomic E-state index is 0.119. The zero-order valence-electron chi connectivity index (χ0n) is 10.1. The van der Waals surface area contributed by atoms with Crippen LogP contribution in [0.3, 0.4) is 0 Å². The van der Waals surface area contributed by atoms with Crippen molar-refractivity contribution in [2.75, 3.05) is 23.9 Å². The molecule has 2 atom stereocenters. The summed E-state index contributed by atoms with van der Waals surface area (Å²) in [4.78, 5) is 10.7. The number of nitrogen functional groups attached to an aromatic ring is 1. The van der Waals surface area contributed by atoms with E-state index in [1.54, 1.807) is 13.2 Å². The van der Waals surface area contributed by atoms with Crippen LogP contribution >= 0.6 is 0 Å². The Bertz CT molecular complexity index is 493. The summed E-state index contributed by atoms with van der Waals surface area (Å²) >= 11 is 0. The molecular weight excluding hydrogens is 259 g/mol. The monoisotopic (exact) mass is 274 g/mol. The molecule has 0 amide bonds. The Hall–Kier alpha value is -1.63. The largest absolute Gasteiger partial charge is 0.478 e. The number of benzene rings is 1. The van der Waals surface area contributed by atoms with Crippen LogP contribution in [-0.4, -0.2) is 33.3 Å². The van der Waals surface area contributed by atoms with Gasteiger partial charge in [0, 0.05) is 28.9 Å². The molecule has 0 aliphatic heterocycles. The molecule has 2 unspecified atom stereocenters. The van der Waals surface area contributed by atoms with E-state index in [0.29, 0.717) is 12.2 Å². The lowest BCUT2D eigenvalue weighted by Gasteiger charge is -2.13. The molecule has 0 aromatic heterocycles. The molecule has 0 radical (unpaired) electrons. The van der Waals surface area contributed by atoms with Crippen LogP contribution in [0.2, 0.25) is 0 Å². The predicted octanol–water partition coefficient (Wildman–Crippen LogP) is 1.28. The van der Waals surface area contributed by atoms with Crippen molar-refractivity contribution in [1.82, 2.24) is 0 Å². The second-order valence-electron chi connectivity index (χ2n) is 3.91. The number of aromatic carboxylic acids is 1. The number of anilines is 2. The van der Waals surface area contributed by atoms with Crippen molar-refractivity contribution in [3.05, 3.63) is 23.5 Å². The van der Waals surface area contributed by atoms with Gasteiger partial charge in [0.2, 0.25) is 0 Å². The molecule has 0 saturated heterocycles. The summed E-state index contributed by atoms with van der Waals surface area (Å²) in [5, 5.41) is 11.4. The molecule has 0 aliphatic carbocycles. The molecule has 0 spiro atoms. The highest BCUT2D eigenvalue weighted by Gasteiger charge is 2.14. The van der Waals surface area contributed by atoms with Gasteiger partial charge in [-0.1, -0.05) is 0 Å². The van der Waals surface area contributed by atoms with Crippen LogP contribution < -0.4 is 11.1 Å². The Kier molecular flexibility index (Phi) is 4.66. The van der Waals surface area contributed by atoms with Crippen LogP contribution in [0, 0.1) is 5.82 Å². The van der Waals surface area contributed by atoms with Gasteiger partial charge in [0.25, 0.3) is 0 Å². The number of nitrogens with two attached hydrogens (primary N) is 1. The minimum atomic E-state index is -1.37. The van der Waals surface area contributed by atoms with Crippen LogP contribution in [-0.2, 0) is 10.8 Å². The van der Waals surface area contributed by atoms with Crippen LogP contribution in [0.5, 0.6) is 0 Å². The number of rotatable bonds is 5. The second-order valence-corrected chi connectivity index (χ2v) is 5.72. The van der Waals surface area contributed by atoms with Crippen molar-refractivity contribution in [3.8, 4) is 0 Å². The molecule has 1 aromatic carbocycles. The van der Waals surface area contributed by atoms with E-state index in [2.05, 4.69) is 5.32 Å². The first-order valence-corrected chi connectivity index (χ1v) is 6.83. The van der Waals surface area contributed by atoms with Crippen molar-refractivity contribution in [2.45, 2.75) is 12.2 Å². The average molecular weight is 274 g/mol. The van der Waals surface area contributed by atoms with E-state index < -0.39 is 28.1 Å². The summed E-state index contributed by atoms with van der Waals surface area (Å²) in [6.07, 6.45) is 1.57. The number of halogens is 1. The summed E-state index contributed by atoms with van der Waals surface area (Å²) in [7, 11) is -0.999. The summed E-state index contributed by atoms with van der Waals surface area (Å²) in [6, 6.07) is 2.09. The van der Waals surface area contributed by atoms with Crippen molar-refractivity contribution < 1.29 is 18.5 Å². The minimum Gasteiger partial charge on any atom is -0.478 e. The quantitative estimate of drug-likeness (QED) is 0.703. The molecule has 0 bridgehead atoms. The first-order chi connectivity index (χ1) is 8.32. The van der Waals surface area contributed by atoms with Crippen molar-refractivity contribution in [3.63, 3.8) is 0 Å². The van der Waals surface area contributed by atoms with E-state index in [9.17, 15) is 13.4 Å². The Balaban J connectivity index is 2.88. The molecule has 0 saturated carbocycles. The van der Waals surface area contributed by atoms with Crippen molar-refractivity contribution in [1.29, 1.82) is 0 Å². The number of hydrogen-bond acceptors (Lipinski definition) is 4. The third kappa shape index (κ3) is 3.43. The molecular formula is C11H15FN2O3S. The first-order valence-electron chi connectivity index (χ1n) is 5.21. The van der Waals surface area contributed by atoms with E-state index in [4.69, 9.17) is 10.8 Å². The molecule has 0 heterocycles. The van der Waals surface area contributed by atoms with Crippen LogP contribution in [0.1, 0.15) is 17.3 Å². The number of hydrogen-bond donors (Lipinski definition) is 3. The van der Waals surface area contributed by atoms with E-state index >= 15 is 0 Å². The lowest BCUT2D eigenvalue weighted by Crippen LogP contribution is -2.21. The summed E-state index contributed by atoms with van der Waals surface area (Å²) < 4.78 is 24.6. The van der Waals surface area contributed by atoms with Gasteiger partial charge in [-0.05, 0) is 19.1 Å². The molecule has 100 valence electrons. The molecule has 0 fully saturated rings. The zero-order chi connectivity index (χ0) is 13.9. The lowest BCUT2D eigenvalue weighted by atomic mass is 10.1. The smallest absolute Gasteiger partial charge is 0.338 e. The third-order valence-corrected chi connectivity index (χ3v) is 3.82. The first kappa shape index (κ1) is 14.4. The van der Waals surface area contributed by atoms with Gasteiger partial charge in [0.05, 0.1) is 16.9 Å². The summed E-state index contributed by atoms with van der Waals surface area (Å²) in [5.74, 6) is -2.22. The molecule has 7 heteroatoms. The summed E-state index contributed by atoms with van der Waals surface area (Å²) in [6.45, 7) is 2.14. The Labute approximate surface area is 107 Å². The fraction of sp³-hybridized carbons (Fsp3) is 0.364. The zero-order valence-corrected chi connectivity index (χ0v) is 10.9. The third-order valence-electron chi connectivity index (χ3n) is 2.52. The lowest BCUT2D eigenvalue weighted by molar-refractivity contribution is 0.0692. The van der Waals surface area contributed by atoms with Gasteiger partial charge in [-0.2, -0.15) is 0 Å². The molecule has 1 rings (SSSR count). The highest BCUT2D eigenvalue weighted by atomic mass is 32.2. The highest BCUT2D eigenvalue weighted by Crippen LogP contribution is 2.23. The van der Waals surface area contributed by atoms with Gasteiger partial charge in [0.1, 0.15) is 5.82 Å². The average Bonchev–Trinajstić information content (AvgIpc) is 2.28. The predicted molar refractivity (Wildman–Crippen MR) is 69.8 cm³/mol. The molecule has 0 aliphatic rings.